The molecule has 0 fully saturated rings. The number of aryl methyl sites for hydroxylation is 1. The van der Waals surface area contributed by atoms with E-state index in [2.05, 4.69) is 10.3 Å². The maximum atomic E-state index is 13.0. The molecule has 112 valence electrons. The van der Waals surface area contributed by atoms with Crippen LogP contribution in [-0.4, -0.2) is 19.3 Å². The largest absolute Gasteiger partial charge is 0.298 e. The fourth-order valence-electron chi connectivity index (χ4n) is 1.55. The predicted molar refractivity (Wildman–Crippen MR) is 72.5 cm³/mol. The molecular formula is C11H9F2N3O3S2. The van der Waals surface area contributed by atoms with Gasteiger partial charge in [-0.25, -0.2) is 27.3 Å². The molecule has 1 amide bonds. The van der Waals surface area contributed by atoms with Crippen molar-refractivity contribution in [2.45, 2.75) is 11.1 Å². The highest BCUT2D eigenvalue weighted by Gasteiger charge is 2.19. The minimum atomic E-state index is -3.94. The van der Waals surface area contributed by atoms with Gasteiger partial charge in [-0.05, 0) is 19.1 Å². The first-order valence-corrected chi connectivity index (χ1v) is 7.81. The summed E-state index contributed by atoms with van der Waals surface area (Å²) in [6.07, 6.45) is 0. The van der Waals surface area contributed by atoms with Crippen molar-refractivity contribution in [1.29, 1.82) is 0 Å². The standard InChI is InChI=1S/C11H9F2N3O3S2/c1-5-10(21(14,18)19)20-11(15-5)16-9(17)6-2-7(12)4-8(13)3-6/h2-4H,1H3,(H2,14,18,19)(H,15,16,17). The summed E-state index contributed by atoms with van der Waals surface area (Å²) < 4.78 is 48.4. The lowest BCUT2D eigenvalue weighted by molar-refractivity contribution is 0.102. The van der Waals surface area contributed by atoms with Crippen molar-refractivity contribution >= 4 is 32.4 Å². The number of anilines is 1. The Labute approximate surface area is 122 Å². The number of carbonyl (C=O) groups excluding carboxylic acids is 1. The van der Waals surface area contributed by atoms with E-state index in [0.29, 0.717) is 17.4 Å². The summed E-state index contributed by atoms with van der Waals surface area (Å²) in [7, 11) is -3.94. The highest BCUT2D eigenvalue weighted by molar-refractivity contribution is 7.91. The highest BCUT2D eigenvalue weighted by atomic mass is 32.2. The maximum Gasteiger partial charge on any atom is 0.257 e. The molecule has 21 heavy (non-hydrogen) atoms. The number of sulfonamides is 1. The average Bonchev–Trinajstić information content (AvgIpc) is 2.68. The number of carbonyl (C=O) groups is 1. The summed E-state index contributed by atoms with van der Waals surface area (Å²) >= 11 is 0.654. The molecule has 3 N–H and O–H groups in total. The molecule has 0 spiro atoms. The first-order valence-electron chi connectivity index (χ1n) is 5.44. The van der Waals surface area contributed by atoms with Crippen molar-refractivity contribution in [2.75, 3.05) is 5.32 Å². The third-order valence-corrected chi connectivity index (χ3v) is 4.98. The monoisotopic (exact) mass is 333 g/mol. The minimum Gasteiger partial charge on any atom is -0.298 e. The molecule has 10 heteroatoms. The number of hydrogen-bond acceptors (Lipinski definition) is 5. The van der Waals surface area contributed by atoms with E-state index in [9.17, 15) is 22.0 Å². The second kappa shape index (κ2) is 5.47. The molecule has 0 atom stereocenters. The molecule has 0 saturated heterocycles. The van der Waals surface area contributed by atoms with Gasteiger partial charge >= 0.3 is 0 Å². The Bertz CT molecular complexity index is 798. The van der Waals surface area contributed by atoms with Crippen LogP contribution in [0.25, 0.3) is 0 Å². The Balaban J connectivity index is 2.28. The molecule has 0 unspecified atom stereocenters. The highest BCUT2D eigenvalue weighted by Crippen LogP contribution is 2.26. The fraction of sp³-hybridized carbons (Fsp3) is 0.0909. The zero-order chi connectivity index (χ0) is 15.8. The van der Waals surface area contributed by atoms with E-state index in [1.807, 2.05) is 0 Å². The van der Waals surface area contributed by atoms with Crippen LogP contribution in [0.15, 0.2) is 22.4 Å². The fourth-order valence-corrected chi connectivity index (χ4v) is 3.41. The molecule has 1 aromatic heterocycles. The van der Waals surface area contributed by atoms with E-state index in [1.165, 1.54) is 6.92 Å². The van der Waals surface area contributed by atoms with Crippen LogP contribution in [0.1, 0.15) is 16.1 Å². The summed E-state index contributed by atoms with van der Waals surface area (Å²) in [4.78, 5) is 15.7. The molecule has 0 aliphatic carbocycles. The van der Waals surface area contributed by atoms with Gasteiger partial charge in [0.1, 0.15) is 11.6 Å². The van der Waals surface area contributed by atoms with E-state index in [1.54, 1.807) is 0 Å². The number of thiazole rings is 1. The number of primary sulfonamides is 1. The molecular weight excluding hydrogens is 324 g/mol. The van der Waals surface area contributed by atoms with Crippen molar-refractivity contribution in [3.05, 3.63) is 41.1 Å². The van der Waals surface area contributed by atoms with Crippen LogP contribution >= 0.6 is 11.3 Å². The van der Waals surface area contributed by atoms with Gasteiger partial charge in [0, 0.05) is 11.6 Å². The van der Waals surface area contributed by atoms with E-state index < -0.39 is 27.6 Å². The van der Waals surface area contributed by atoms with Crippen LogP contribution in [-0.2, 0) is 10.0 Å². The normalized spacial score (nSPS) is 11.4. The Morgan fingerprint density at radius 1 is 1.29 bits per heavy atom. The van der Waals surface area contributed by atoms with Gasteiger partial charge in [0.25, 0.3) is 5.91 Å². The van der Waals surface area contributed by atoms with Crippen molar-refractivity contribution in [3.63, 3.8) is 0 Å². The van der Waals surface area contributed by atoms with Gasteiger partial charge in [-0.15, -0.1) is 0 Å². The molecule has 2 rings (SSSR count). The average molecular weight is 333 g/mol. The van der Waals surface area contributed by atoms with E-state index in [0.717, 1.165) is 12.1 Å². The van der Waals surface area contributed by atoms with E-state index in [4.69, 9.17) is 5.14 Å². The quantitative estimate of drug-likeness (QED) is 0.891. The van der Waals surface area contributed by atoms with Crippen LogP contribution in [0.5, 0.6) is 0 Å². The van der Waals surface area contributed by atoms with Crippen LogP contribution in [0, 0.1) is 18.6 Å². The first kappa shape index (κ1) is 15.5. The molecule has 0 aliphatic heterocycles. The molecule has 0 radical (unpaired) electrons. The van der Waals surface area contributed by atoms with Gasteiger partial charge in [-0.2, -0.15) is 0 Å². The van der Waals surface area contributed by atoms with Gasteiger partial charge in [-0.1, -0.05) is 11.3 Å². The second-order valence-electron chi connectivity index (χ2n) is 4.05. The van der Waals surface area contributed by atoms with Crippen LogP contribution in [0.4, 0.5) is 13.9 Å². The second-order valence-corrected chi connectivity index (χ2v) is 6.80. The number of hydrogen-bond donors (Lipinski definition) is 2. The lowest BCUT2D eigenvalue weighted by Crippen LogP contribution is -2.12. The Hall–Kier alpha value is -1.91. The Kier molecular flexibility index (Phi) is 4.03. The number of benzene rings is 1. The van der Waals surface area contributed by atoms with Crippen LogP contribution in [0.3, 0.4) is 0 Å². The summed E-state index contributed by atoms with van der Waals surface area (Å²) in [5.74, 6) is -2.62. The molecule has 6 nitrogen and oxygen atoms in total. The number of halogens is 2. The zero-order valence-electron chi connectivity index (χ0n) is 10.6. The van der Waals surface area contributed by atoms with Crippen molar-refractivity contribution in [3.8, 4) is 0 Å². The van der Waals surface area contributed by atoms with Crippen LogP contribution < -0.4 is 10.5 Å². The van der Waals surface area contributed by atoms with Gasteiger partial charge in [0.05, 0.1) is 5.69 Å². The summed E-state index contributed by atoms with van der Waals surface area (Å²) in [6.45, 7) is 1.41. The third-order valence-electron chi connectivity index (χ3n) is 2.36. The zero-order valence-corrected chi connectivity index (χ0v) is 12.2. The minimum absolute atomic E-state index is 0.0359. The predicted octanol–water partition coefficient (Wildman–Crippen LogP) is 1.63. The first-order chi connectivity index (χ1) is 9.66. The van der Waals surface area contributed by atoms with Crippen LogP contribution in [0.2, 0.25) is 0 Å². The third kappa shape index (κ3) is 3.60. The molecule has 1 heterocycles. The number of amides is 1. The molecule has 0 aliphatic rings. The Morgan fingerprint density at radius 3 is 2.33 bits per heavy atom. The summed E-state index contributed by atoms with van der Waals surface area (Å²) in [6, 6.07) is 2.32. The van der Waals surface area contributed by atoms with Crippen molar-refractivity contribution < 1.29 is 22.0 Å². The SMILES string of the molecule is Cc1nc(NC(=O)c2cc(F)cc(F)c2)sc1S(N)(=O)=O. The number of nitrogens with zero attached hydrogens (tertiary/aromatic N) is 1. The number of rotatable bonds is 3. The smallest absolute Gasteiger partial charge is 0.257 e. The summed E-state index contributed by atoms with van der Waals surface area (Å²) in [5, 5.41) is 7.21. The van der Waals surface area contributed by atoms with Gasteiger partial charge in [-0.3, -0.25) is 10.1 Å². The topological polar surface area (TPSA) is 102 Å². The number of nitrogens with one attached hydrogen (secondary N) is 1. The molecule has 0 saturated carbocycles. The molecule has 0 bridgehead atoms. The number of aromatic nitrogens is 1. The number of nitrogens with two attached hydrogens (primary N) is 1. The van der Waals surface area contributed by atoms with Crippen molar-refractivity contribution in [1.82, 2.24) is 4.98 Å². The maximum absolute atomic E-state index is 13.0. The van der Waals surface area contributed by atoms with E-state index >= 15 is 0 Å². The van der Waals surface area contributed by atoms with Gasteiger partial charge in [0.15, 0.2) is 9.34 Å². The lowest BCUT2D eigenvalue weighted by atomic mass is 10.2. The molecule has 2 aromatic rings. The summed E-state index contributed by atoms with van der Waals surface area (Å²) in [5.41, 5.74) is -0.124. The Morgan fingerprint density at radius 2 is 1.86 bits per heavy atom. The van der Waals surface area contributed by atoms with E-state index in [-0.39, 0.29) is 20.6 Å². The van der Waals surface area contributed by atoms with Gasteiger partial charge in [0.2, 0.25) is 10.0 Å². The lowest BCUT2D eigenvalue weighted by Gasteiger charge is -2.02. The molecule has 1 aromatic carbocycles. The van der Waals surface area contributed by atoms with Crippen molar-refractivity contribution in [2.24, 2.45) is 5.14 Å². The van der Waals surface area contributed by atoms with Gasteiger partial charge < -0.3 is 0 Å².